The van der Waals surface area contributed by atoms with Crippen molar-refractivity contribution in [3.63, 3.8) is 0 Å². The molecule has 4 nitrogen and oxygen atoms in total. The Kier molecular flexibility index (Phi) is 4.05. The van der Waals surface area contributed by atoms with Gasteiger partial charge in [0.05, 0.1) is 17.6 Å². The average molecular weight is 240 g/mol. The standard InChI is InChI=1S/C13H24N2O2/c1-13(7-4-8-14-9-13)12(16)15-10-5-3-6-11(10)17-2/h10-11,14H,3-9H2,1-2H3,(H,15,16). The third kappa shape index (κ3) is 2.80. The van der Waals surface area contributed by atoms with Gasteiger partial charge in [-0.2, -0.15) is 0 Å². The highest BCUT2D eigenvalue weighted by molar-refractivity contribution is 5.83. The van der Waals surface area contributed by atoms with E-state index in [1.807, 2.05) is 0 Å². The van der Waals surface area contributed by atoms with Gasteiger partial charge in [-0.1, -0.05) is 0 Å². The Hall–Kier alpha value is -0.610. The molecule has 1 aliphatic carbocycles. The lowest BCUT2D eigenvalue weighted by Crippen LogP contribution is -2.52. The minimum atomic E-state index is -0.237. The molecular weight excluding hydrogens is 216 g/mol. The molecule has 17 heavy (non-hydrogen) atoms. The van der Waals surface area contributed by atoms with Crippen LogP contribution in [0.1, 0.15) is 39.0 Å². The van der Waals surface area contributed by atoms with Gasteiger partial charge in [-0.3, -0.25) is 4.79 Å². The van der Waals surface area contributed by atoms with Gasteiger partial charge < -0.3 is 15.4 Å². The molecule has 0 aromatic heterocycles. The average Bonchev–Trinajstić information content (AvgIpc) is 2.77. The highest BCUT2D eigenvalue weighted by Gasteiger charge is 2.37. The molecular formula is C13H24N2O2. The van der Waals surface area contributed by atoms with Gasteiger partial charge in [0.25, 0.3) is 0 Å². The Morgan fingerprint density at radius 2 is 2.24 bits per heavy atom. The van der Waals surface area contributed by atoms with E-state index >= 15 is 0 Å². The maximum Gasteiger partial charge on any atom is 0.227 e. The van der Waals surface area contributed by atoms with Crippen molar-refractivity contribution < 1.29 is 9.53 Å². The Morgan fingerprint density at radius 3 is 2.88 bits per heavy atom. The van der Waals surface area contributed by atoms with Crippen molar-refractivity contribution in [2.45, 2.75) is 51.2 Å². The fourth-order valence-corrected chi connectivity index (χ4v) is 2.97. The lowest BCUT2D eigenvalue weighted by atomic mass is 9.81. The van der Waals surface area contributed by atoms with Crippen LogP contribution in [0.3, 0.4) is 0 Å². The molecule has 1 saturated carbocycles. The van der Waals surface area contributed by atoms with E-state index in [0.717, 1.165) is 45.2 Å². The van der Waals surface area contributed by atoms with Crippen LogP contribution in [0.15, 0.2) is 0 Å². The topological polar surface area (TPSA) is 50.4 Å². The van der Waals surface area contributed by atoms with Crippen molar-refractivity contribution in [2.75, 3.05) is 20.2 Å². The number of nitrogens with one attached hydrogen (secondary N) is 2. The van der Waals surface area contributed by atoms with E-state index in [9.17, 15) is 4.79 Å². The van der Waals surface area contributed by atoms with Crippen LogP contribution >= 0.6 is 0 Å². The molecule has 0 aromatic carbocycles. The van der Waals surface area contributed by atoms with Crippen LogP contribution in [0.5, 0.6) is 0 Å². The van der Waals surface area contributed by atoms with E-state index < -0.39 is 0 Å². The van der Waals surface area contributed by atoms with Crippen LogP contribution in [-0.4, -0.2) is 38.3 Å². The van der Waals surface area contributed by atoms with E-state index in [0.29, 0.717) is 0 Å². The Morgan fingerprint density at radius 1 is 1.41 bits per heavy atom. The van der Waals surface area contributed by atoms with Gasteiger partial charge in [0.1, 0.15) is 0 Å². The first kappa shape index (κ1) is 12.8. The predicted octanol–water partition coefficient (Wildman–Crippen LogP) is 1.06. The molecule has 2 aliphatic rings. The van der Waals surface area contributed by atoms with Crippen molar-refractivity contribution >= 4 is 5.91 Å². The summed E-state index contributed by atoms with van der Waals surface area (Å²) in [5.41, 5.74) is -0.237. The van der Waals surface area contributed by atoms with Gasteiger partial charge >= 0.3 is 0 Å². The third-order valence-electron chi connectivity index (χ3n) is 4.22. The van der Waals surface area contributed by atoms with Crippen LogP contribution < -0.4 is 10.6 Å². The summed E-state index contributed by atoms with van der Waals surface area (Å²) < 4.78 is 5.41. The lowest BCUT2D eigenvalue weighted by Gasteiger charge is -2.34. The number of methoxy groups -OCH3 is 1. The Bertz CT molecular complexity index is 275. The molecule has 98 valence electrons. The zero-order valence-electron chi connectivity index (χ0n) is 10.9. The lowest BCUT2D eigenvalue weighted by molar-refractivity contribution is -0.132. The second kappa shape index (κ2) is 5.36. The van der Waals surface area contributed by atoms with E-state index in [1.165, 1.54) is 0 Å². The number of piperidine rings is 1. The second-order valence-electron chi connectivity index (χ2n) is 5.63. The fraction of sp³-hybridized carbons (Fsp3) is 0.923. The summed E-state index contributed by atoms with van der Waals surface area (Å²) >= 11 is 0. The SMILES string of the molecule is COC1CCCC1NC(=O)C1(C)CCCNC1. The van der Waals surface area contributed by atoms with Crippen LogP contribution in [0.25, 0.3) is 0 Å². The summed E-state index contributed by atoms with van der Waals surface area (Å²) in [5.74, 6) is 0.193. The molecule has 0 bridgehead atoms. The molecule has 4 heteroatoms. The zero-order valence-corrected chi connectivity index (χ0v) is 10.9. The van der Waals surface area contributed by atoms with Crippen LogP contribution in [0, 0.1) is 5.41 Å². The molecule has 2 rings (SSSR count). The van der Waals surface area contributed by atoms with E-state index in [4.69, 9.17) is 4.74 Å². The van der Waals surface area contributed by atoms with E-state index in [-0.39, 0.29) is 23.5 Å². The Balaban J connectivity index is 1.91. The summed E-state index contributed by atoms with van der Waals surface area (Å²) in [5, 5.41) is 6.50. The largest absolute Gasteiger partial charge is 0.379 e. The maximum absolute atomic E-state index is 12.3. The molecule has 1 heterocycles. The highest BCUT2D eigenvalue weighted by atomic mass is 16.5. The van der Waals surface area contributed by atoms with Crippen molar-refractivity contribution in [3.05, 3.63) is 0 Å². The van der Waals surface area contributed by atoms with Crippen LogP contribution in [0.2, 0.25) is 0 Å². The molecule has 1 aliphatic heterocycles. The molecule has 3 atom stereocenters. The summed E-state index contributed by atoms with van der Waals surface area (Å²) in [6.45, 7) is 3.89. The quantitative estimate of drug-likeness (QED) is 0.775. The number of carbonyl (C=O) groups excluding carboxylic acids is 1. The second-order valence-corrected chi connectivity index (χ2v) is 5.63. The first-order valence-corrected chi connectivity index (χ1v) is 6.70. The van der Waals surface area contributed by atoms with Crippen LogP contribution in [0.4, 0.5) is 0 Å². The van der Waals surface area contributed by atoms with Crippen molar-refractivity contribution in [1.82, 2.24) is 10.6 Å². The number of hydrogen-bond acceptors (Lipinski definition) is 3. The van der Waals surface area contributed by atoms with Gasteiger partial charge in [-0.05, 0) is 45.6 Å². The fourth-order valence-electron chi connectivity index (χ4n) is 2.97. The van der Waals surface area contributed by atoms with Gasteiger partial charge in [0.15, 0.2) is 0 Å². The maximum atomic E-state index is 12.3. The van der Waals surface area contributed by atoms with Gasteiger partial charge in [-0.25, -0.2) is 0 Å². The smallest absolute Gasteiger partial charge is 0.227 e. The third-order valence-corrected chi connectivity index (χ3v) is 4.22. The normalized spacial score (nSPS) is 38.0. The van der Waals surface area contributed by atoms with Gasteiger partial charge in [0, 0.05) is 13.7 Å². The van der Waals surface area contributed by atoms with Gasteiger partial charge in [-0.15, -0.1) is 0 Å². The molecule has 2 N–H and O–H groups in total. The van der Waals surface area contributed by atoms with E-state index in [1.54, 1.807) is 7.11 Å². The highest BCUT2D eigenvalue weighted by Crippen LogP contribution is 2.28. The number of carbonyl (C=O) groups is 1. The molecule has 1 saturated heterocycles. The first-order chi connectivity index (χ1) is 8.15. The zero-order chi connectivity index (χ0) is 12.3. The minimum Gasteiger partial charge on any atom is -0.379 e. The number of amides is 1. The van der Waals surface area contributed by atoms with Gasteiger partial charge in [0.2, 0.25) is 5.91 Å². The molecule has 2 fully saturated rings. The number of ether oxygens (including phenoxy) is 1. The summed E-state index contributed by atoms with van der Waals surface area (Å²) in [6, 6.07) is 0.214. The van der Waals surface area contributed by atoms with Crippen molar-refractivity contribution in [2.24, 2.45) is 5.41 Å². The summed E-state index contributed by atoms with van der Waals surface area (Å²) in [7, 11) is 1.74. The molecule has 3 unspecified atom stereocenters. The molecule has 0 radical (unpaired) electrons. The summed E-state index contributed by atoms with van der Waals surface area (Å²) in [6.07, 6.45) is 5.54. The van der Waals surface area contributed by atoms with E-state index in [2.05, 4.69) is 17.6 Å². The van der Waals surface area contributed by atoms with Crippen molar-refractivity contribution in [3.8, 4) is 0 Å². The number of hydrogen-bond donors (Lipinski definition) is 2. The van der Waals surface area contributed by atoms with Crippen molar-refractivity contribution in [1.29, 1.82) is 0 Å². The molecule has 1 amide bonds. The molecule has 0 spiro atoms. The predicted molar refractivity (Wildman–Crippen MR) is 66.8 cm³/mol. The Labute approximate surface area is 103 Å². The molecule has 0 aromatic rings. The minimum absolute atomic E-state index is 0.193. The van der Waals surface area contributed by atoms with Crippen LogP contribution in [-0.2, 0) is 9.53 Å². The first-order valence-electron chi connectivity index (χ1n) is 6.70. The monoisotopic (exact) mass is 240 g/mol. The summed E-state index contributed by atoms with van der Waals surface area (Å²) in [4.78, 5) is 12.3. The number of rotatable bonds is 3.